The standard InChI is InChI=1S/C8H4N4O2/c9-2-4-1-5-6(12-7(4)13)10-3-11-8(5)14/h1,3H,(H2,10,11,12,13,14). The van der Waals surface area contributed by atoms with Crippen molar-refractivity contribution in [3.63, 3.8) is 0 Å². The minimum absolute atomic E-state index is 0.101. The summed E-state index contributed by atoms with van der Waals surface area (Å²) in [4.78, 5) is 30.8. The molecule has 0 bridgehead atoms. The minimum Gasteiger partial charge on any atom is -0.313 e. The number of aromatic nitrogens is 3. The van der Waals surface area contributed by atoms with E-state index in [1.54, 1.807) is 6.07 Å². The maximum absolute atomic E-state index is 11.2. The van der Waals surface area contributed by atoms with Crippen LogP contribution in [-0.4, -0.2) is 15.0 Å². The number of hydrogen-bond donors (Lipinski definition) is 2. The molecule has 0 aliphatic rings. The van der Waals surface area contributed by atoms with Crippen LogP contribution in [0.2, 0.25) is 0 Å². The van der Waals surface area contributed by atoms with Gasteiger partial charge in [-0.25, -0.2) is 4.98 Å². The fourth-order valence-corrected chi connectivity index (χ4v) is 1.11. The zero-order valence-corrected chi connectivity index (χ0v) is 6.87. The van der Waals surface area contributed by atoms with Gasteiger partial charge in [-0.2, -0.15) is 5.26 Å². The molecule has 2 N–H and O–H groups in total. The van der Waals surface area contributed by atoms with Crippen LogP contribution in [0.25, 0.3) is 11.0 Å². The number of nitrogens with one attached hydrogen (secondary N) is 2. The van der Waals surface area contributed by atoms with Crippen molar-refractivity contribution in [2.75, 3.05) is 0 Å². The predicted octanol–water partition coefficient (Wildman–Crippen LogP) is -0.517. The van der Waals surface area contributed by atoms with Crippen LogP contribution in [-0.2, 0) is 0 Å². The number of fused-ring (bicyclic) bond motifs is 1. The van der Waals surface area contributed by atoms with Crippen molar-refractivity contribution in [1.29, 1.82) is 5.26 Å². The monoisotopic (exact) mass is 188 g/mol. The fraction of sp³-hybridized carbons (Fsp3) is 0. The van der Waals surface area contributed by atoms with Crippen molar-refractivity contribution in [1.82, 2.24) is 15.0 Å². The first-order valence-corrected chi connectivity index (χ1v) is 3.73. The second-order valence-electron chi connectivity index (χ2n) is 2.62. The number of hydrogen-bond acceptors (Lipinski definition) is 4. The molecule has 0 radical (unpaired) electrons. The molecule has 14 heavy (non-hydrogen) atoms. The zero-order valence-electron chi connectivity index (χ0n) is 6.87. The van der Waals surface area contributed by atoms with Gasteiger partial charge in [-0.1, -0.05) is 0 Å². The van der Waals surface area contributed by atoms with Crippen molar-refractivity contribution in [3.05, 3.63) is 38.7 Å². The third-order valence-electron chi connectivity index (χ3n) is 1.77. The molecule has 6 nitrogen and oxygen atoms in total. The molecule has 0 unspecified atom stereocenters. The van der Waals surface area contributed by atoms with Crippen molar-refractivity contribution < 1.29 is 0 Å². The maximum atomic E-state index is 11.2. The lowest BCUT2D eigenvalue weighted by molar-refractivity contribution is 1.12. The van der Waals surface area contributed by atoms with E-state index in [0.29, 0.717) is 0 Å². The molecule has 2 aromatic heterocycles. The van der Waals surface area contributed by atoms with Crippen LogP contribution in [0.5, 0.6) is 0 Å². The van der Waals surface area contributed by atoms with Gasteiger partial charge in [0.2, 0.25) is 0 Å². The van der Waals surface area contributed by atoms with E-state index in [1.807, 2.05) is 0 Å². The Kier molecular flexibility index (Phi) is 1.65. The first kappa shape index (κ1) is 8.19. The molecular formula is C8H4N4O2. The third-order valence-corrected chi connectivity index (χ3v) is 1.77. The van der Waals surface area contributed by atoms with Gasteiger partial charge in [0.1, 0.15) is 17.3 Å². The van der Waals surface area contributed by atoms with Crippen molar-refractivity contribution in [2.24, 2.45) is 0 Å². The first-order valence-electron chi connectivity index (χ1n) is 3.73. The molecule has 2 heterocycles. The third kappa shape index (κ3) is 1.08. The largest absolute Gasteiger partial charge is 0.313 e. The summed E-state index contributed by atoms with van der Waals surface area (Å²) in [6.07, 6.45) is 1.19. The predicted molar refractivity (Wildman–Crippen MR) is 47.7 cm³/mol. The van der Waals surface area contributed by atoms with Gasteiger partial charge in [0.05, 0.1) is 11.7 Å². The lowest BCUT2D eigenvalue weighted by Gasteiger charge is -1.94. The van der Waals surface area contributed by atoms with Crippen molar-refractivity contribution in [2.45, 2.75) is 0 Å². The number of pyridine rings is 1. The normalized spacial score (nSPS) is 9.93. The zero-order chi connectivity index (χ0) is 10.1. The van der Waals surface area contributed by atoms with Gasteiger partial charge >= 0.3 is 0 Å². The SMILES string of the molecule is N#Cc1cc2c(=O)[nH]cnc2[nH]c1=O. The molecule has 0 saturated heterocycles. The molecular weight excluding hydrogens is 184 g/mol. The van der Waals surface area contributed by atoms with Crippen LogP contribution < -0.4 is 11.1 Å². The molecule has 0 amide bonds. The van der Waals surface area contributed by atoms with Gasteiger partial charge < -0.3 is 9.97 Å². The number of nitrogens with zero attached hydrogens (tertiary/aromatic N) is 2. The minimum atomic E-state index is -0.543. The van der Waals surface area contributed by atoms with Crippen LogP contribution >= 0.6 is 0 Å². The molecule has 6 heteroatoms. The summed E-state index contributed by atoms with van der Waals surface area (Å²) < 4.78 is 0. The van der Waals surface area contributed by atoms with Crippen LogP contribution in [0.1, 0.15) is 5.56 Å². The number of rotatable bonds is 0. The summed E-state index contributed by atoms with van der Waals surface area (Å²) >= 11 is 0. The Labute approximate surface area is 76.9 Å². The molecule has 2 aromatic rings. The highest BCUT2D eigenvalue weighted by atomic mass is 16.1. The van der Waals surface area contributed by atoms with Gasteiger partial charge in [-0.15, -0.1) is 0 Å². The number of H-pyrrole nitrogens is 2. The Morgan fingerprint density at radius 1 is 1.36 bits per heavy atom. The van der Waals surface area contributed by atoms with E-state index in [0.717, 1.165) is 0 Å². The van der Waals surface area contributed by atoms with Gasteiger partial charge in [-0.3, -0.25) is 9.59 Å². The van der Waals surface area contributed by atoms with E-state index in [2.05, 4.69) is 15.0 Å². The molecule has 0 aliphatic heterocycles. The van der Waals surface area contributed by atoms with E-state index in [9.17, 15) is 9.59 Å². The number of aromatic amines is 2. The molecule has 0 atom stereocenters. The summed E-state index contributed by atoms with van der Waals surface area (Å²) in [5, 5.41) is 8.76. The Balaban J connectivity index is 3.04. The molecule has 2 rings (SSSR count). The second kappa shape index (κ2) is 2.81. The summed E-state index contributed by atoms with van der Waals surface area (Å²) in [7, 11) is 0. The van der Waals surface area contributed by atoms with Gasteiger partial charge in [0.25, 0.3) is 11.1 Å². The Morgan fingerprint density at radius 3 is 2.86 bits per heavy atom. The van der Waals surface area contributed by atoms with E-state index < -0.39 is 5.56 Å². The lowest BCUT2D eigenvalue weighted by atomic mass is 10.2. The van der Waals surface area contributed by atoms with Gasteiger partial charge in [0, 0.05) is 0 Å². The molecule has 0 fully saturated rings. The summed E-state index contributed by atoms with van der Waals surface area (Å²) in [6.45, 7) is 0. The second-order valence-corrected chi connectivity index (χ2v) is 2.62. The van der Waals surface area contributed by atoms with Gasteiger partial charge in [0.15, 0.2) is 0 Å². The Morgan fingerprint density at radius 2 is 2.14 bits per heavy atom. The van der Waals surface area contributed by atoms with Crippen LogP contribution in [0, 0.1) is 11.3 Å². The lowest BCUT2D eigenvalue weighted by Crippen LogP contribution is -2.15. The fourth-order valence-electron chi connectivity index (χ4n) is 1.11. The molecule has 0 saturated carbocycles. The average Bonchev–Trinajstić information content (AvgIpc) is 2.17. The molecule has 68 valence electrons. The highest BCUT2D eigenvalue weighted by molar-refractivity contribution is 5.74. The summed E-state index contributed by atoms with van der Waals surface area (Å²) in [6, 6.07) is 2.91. The summed E-state index contributed by atoms with van der Waals surface area (Å²) in [5.74, 6) is 0. The maximum Gasteiger partial charge on any atom is 0.267 e. The summed E-state index contributed by atoms with van der Waals surface area (Å²) in [5.41, 5.74) is -0.852. The average molecular weight is 188 g/mol. The first-order chi connectivity index (χ1) is 6.72. The highest BCUT2D eigenvalue weighted by Crippen LogP contribution is 2.00. The topological polar surface area (TPSA) is 102 Å². The molecule has 0 aromatic carbocycles. The quantitative estimate of drug-likeness (QED) is 0.580. The Hall–Kier alpha value is -2.42. The Bertz CT molecular complexity index is 647. The van der Waals surface area contributed by atoms with Crippen LogP contribution in [0.4, 0.5) is 0 Å². The smallest absolute Gasteiger partial charge is 0.267 e. The van der Waals surface area contributed by atoms with Crippen molar-refractivity contribution >= 4 is 11.0 Å². The van der Waals surface area contributed by atoms with Crippen LogP contribution in [0.15, 0.2) is 22.0 Å². The van der Waals surface area contributed by atoms with Gasteiger partial charge in [-0.05, 0) is 6.07 Å². The van der Waals surface area contributed by atoms with E-state index in [-0.39, 0.29) is 22.2 Å². The molecule has 0 aliphatic carbocycles. The van der Waals surface area contributed by atoms with E-state index in [1.165, 1.54) is 12.4 Å². The van der Waals surface area contributed by atoms with Crippen molar-refractivity contribution in [3.8, 4) is 6.07 Å². The molecule has 0 spiro atoms. The van der Waals surface area contributed by atoms with E-state index in [4.69, 9.17) is 5.26 Å². The number of nitriles is 1. The van der Waals surface area contributed by atoms with E-state index >= 15 is 0 Å². The van der Waals surface area contributed by atoms with Crippen LogP contribution in [0.3, 0.4) is 0 Å². The highest BCUT2D eigenvalue weighted by Gasteiger charge is 2.04.